The molecule has 0 N–H and O–H groups in total. The molecule has 2 atom stereocenters. The Balaban J connectivity index is 1.20. The molecule has 1 saturated carbocycles. The van der Waals surface area contributed by atoms with Gasteiger partial charge in [-0.1, -0.05) is 218 Å². The summed E-state index contributed by atoms with van der Waals surface area (Å²) in [6, 6.07) is 67.5. The van der Waals surface area contributed by atoms with E-state index in [0.717, 1.165) is 25.7 Å². The van der Waals surface area contributed by atoms with Gasteiger partial charge in [0.25, 0.3) is 6.71 Å². The Morgan fingerprint density at radius 3 is 1.57 bits per heavy atom. The minimum atomic E-state index is -0.264. The summed E-state index contributed by atoms with van der Waals surface area (Å²) in [6.45, 7) is 33.8. The van der Waals surface area contributed by atoms with E-state index >= 15 is 0 Å². The fourth-order valence-corrected chi connectivity index (χ4v) is 15.5. The second-order valence-electron chi connectivity index (χ2n) is 29.0. The van der Waals surface area contributed by atoms with Crippen LogP contribution in [-0.4, -0.2) is 12.3 Å². The van der Waals surface area contributed by atoms with Crippen molar-refractivity contribution in [2.75, 3.05) is 14.7 Å². The average Bonchev–Trinajstić information content (AvgIpc) is 2.71. The first-order valence-corrected chi connectivity index (χ1v) is 29.8. The van der Waals surface area contributed by atoms with E-state index < -0.39 is 0 Å². The lowest BCUT2D eigenvalue weighted by atomic mass is 9.33. The van der Waals surface area contributed by atoms with E-state index in [4.69, 9.17) is 0 Å². The Bertz CT molecular complexity index is 3720. The van der Waals surface area contributed by atoms with Gasteiger partial charge in [0.1, 0.15) is 0 Å². The summed E-state index contributed by atoms with van der Waals surface area (Å²) >= 11 is 0. The predicted octanol–water partition coefficient (Wildman–Crippen LogP) is 18.4. The van der Waals surface area contributed by atoms with E-state index in [1.165, 1.54) is 125 Å². The average molecular weight is 1040 g/mol. The maximum atomic E-state index is 2.84. The molecule has 3 heterocycles. The topological polar surface area (TPSA) is 9.72 Å². The van der Waals surface area contributed by atoms with Crippen molar-refractivity contribution >= 4 is 68.6 Å². The molecule has 0 spiro atoms. The zero-order chi connectivity index (χ0) is 55.4. The van der Waals surface area contributed by atoms with Gasteiger partial charge < -0.3 is 14.7 Å². The number of anilines is 8. The van der Waals surface area contributed by atoms with Crippen LogP contribution in [-0.2, 0) is 32.5 Å². The van der Waals surface area contributed by atoms with Crippen LogP contribution in [0.1, 0.15) is 174 Å². The van der Waals surface area contributed by atoms with E-state index in [0.29, 0.717) is 0 Å². The molecule has 0 amide bonds. The highest BCUT2D eigenvalue weighted by Gasteiger charge is 2.61. The van der Waals surface area contributed by atoms with Gasteiger partial charge in [0.05, 0.1) is 11.2 Å². The van der Waals surface area contributed by atoms with Crippen molar-refractivity contribution in [3.63, 3.8) is 0 Å². The van der Waals surface area contributed by atoms with Gasteiger partial charge in [-0.3, -0.25) is 0 Å². The number of rotatable bonds is 5. The highest BCUT2D eigenvalue weighted by atomic mass is 15.3. The molecule has 5 aliphatic rings. The van der Waals surface area contributed by atoms with E-state index in [9.17, 15) is 0 Å². The van der Waals surface area contributed by atoms with Gasteiger partial charge in [0, 0.05) is 50.8 Å². The van der Waals surface area contributed by atoms with Crippen LogP contribution in [0.4, 0.5) is 45.5 Å². The lowest BCUT2D eigenvalue weighted by Crippen LogP contribution is -2.62. The van der Waals surface area contributed by atoms with Gasteiger partial charge in [0.15, 0.2) is 0 Å². The SMILES string of the molecule is CC(C)(C)c1ccc(N2c3ccc(C(C)(C)C)cc3B3c4cc5c(cc4N(c4ccc(C(C)(C)C)cc4-c4ccccc4)c4cc(N6c7ccccc7C7(c8ccccc8)CCCCC67C)cc2c43)C(C)(C)CCC5(C)C)cc1. The van der Waals surface area contributed by atoms with Crippen LogP contribution in [0.5, 0.6) is 0 Å². The minimum Gasteiger partial charge on any atom is -0.334 e. The molecule has 8 aromatic rings. The fraction of sp³-hybridized carbons (Fsp3) is 0.360. The number of hydrogen-bond acceptors (Lipinski definition) is 3. The highest BCUT2D eigenvalue weighted by molar-refractivity contribution is 7.00. The quantitative estimate of drug-likeness (QED) is 0.159. The lowest BCUT2D eigenvalue weighted by Gasteiger charge is -2.53. The molecule has 2 aliphatic carbocycles. The van der Waals surface area contributed by atoms with E-state index in [-0.39, 0.29) is 44.7 Å². The van der Waals surface area contributed by atoms with Gasteiger partial charge in [0.2, 0.25) is 0 Å². The largest absolute Gasteiger partial charge is 0.334 e. The maximum Gasteiger partial charge on any atom is 0.252 e. The summed E-state index contributed by atoms with van der Waals surface area (Å²) in [6.07, 6.45) is 6.87. The van der Waals surface area contributed by atoms with Crippen molar-refractivity contribution in [2.45, 2.75) is 173 Å². The van der Waals surface area contributed by atoms with Crippen LogP contribution in [0.15, 0.2) is 170 Å². The molecule has 0 aromatic heterocycles. The Morgan fingerprint density at radius 1 is 0.392 bits per heavy atom. The second-order valence-corrected chi connectivity index (χ2v) is 29.0. The van der Waals surface area contributed by atoms with E-state index in [2.05, 4.69) is 281 Å². The summed E-state index contributed by atoms with van der Waals surface area (Å²) in [5.41, 5.74) is 26.0. The van der Waals surface area contributed by atoms with E-state index in [1.54, 1.807) is 0 Å². The number of benzene rings is 8. The normalized spacial score (nSPS) is 20.7. The van der Waals surface area contributed by atoms with Gasteiger partial charge >= 0.3 is 0 Å². The molecule has 0 bridgehead atoms. The van der Waals surface area contributed by atoms with Crippen molar-refractivity contribution in [1.29, 1.82) is 0 Å². The molecule has 3 aliphatic heterocycles. The third kappa shape index (κ3) is 7.80. The van der Waals surface area contributed by atoms with Crippen molar-refractivity contribution < 1.29 is 0 Å². The summed E-state index contributed by atoms with van der Waals surface area (Å²) in [5.74, 6) is 0. The smallest absolute Gasteiger partial charge is 0.252 e. The van der Waals surface area contributed by atoms with Crippen LogP contribution in [0.3, 0.4) is 0 Å². The van der Waals surface area contributed by atoms with Crippen molar-refractivity contribution in [3.8, 4) is 11.1 Å². The summed E-state index contributed by atoms with van der Waals surface area (Å²) in [7, 11) is 0. The van der Waals surface area contributed by atoms with Gasteiger partial charge in [-0.15, -0.1) is 0 Å². The lowest BCUT2D eigenvalue weighted by molar-refractivity contribution is 0.215. The Labute approximate surface area is 474 Å². The van der Waals surface area contributed by atoms with Crippen LogP contribution in [0.25, 0.3) is 11.1 Å². The van der Waals surface area contributed by atoms with Crippen molar-refractivity contribution in [1.82, 2.24) is 0 Å². The molecule has 1 fully saturated rings. The molecule has 4 heteroatoms. The molecule has 0 radical (unpaired) electrons. The molecule has 79 heavy (non-hydrogen) atoms. The first-order valence-electron chi connectivity index (χ1n) is 29.8. The number of hydrogen-bond donors (Lipinski definition) is 0. The molecular formula is C75H82BN3. The van der Waals surface area contributed by atoms with Crippen LogP contribution in [0.2, 0.25) is 0 Å². The molecule has 8 aromatic carbocycles. The van der Waals surface area contributed by atoms with Crippen LogP contribution >= 0.6 is 0 Å². The highest BCUT2D eigenvalue weighted by Crippen LogP contribution is 2.64. The molecule has 2 unspecified atom stereocenters. The van der Waals surface area contributed by atoms with E-state index in [1.807, 2.05) is 0 Å². The maximum absolute atomic E-state index is 2.84. The molecule has 400 valence electrons. The van der Waals surface area contributed by atoms with Crippen LogP contribution < -0.4 is 31.1 Å². The van der Waals surface area contributed by atoms with Crippen LogP contribution in [0, 0.1) is 0 Å². The number of fused-ring (bicyclic) bond motifs is 8. The monoisotopic (exact) mass is 1040 g/mol. The Hall–Kier alpha value is -6.78. The fourth-order valence-electron chi connectivity index (χ4n) is 15.5. The third-order valence-electron chi connectivity index (χ3n) is 20.1. The standard InChI is InChI=1S/C75H82BN3/c1-69(2,3)50-31-35-54(36-32-50)77-64-38-34-53(71(7,8)9)44-60(64)76-61-47-58-59(73(12,13)42-41-72(58,10)11)48-65(61)78(62-37-33-52(70(4,5)6)43-56(62)49-25-17-15-18-26-49)67-46-55(45-66(77)68(67)76)79-63-30-22-21-29-57(63)75(51-27-19-16-20-28-51)40-24-23-39-74(75,79)14/h15-22,25-38,43-48H,23-24,39-42H2,1-14H3. The number of nitrogens with zero attached hydrogens (tertiary/aromatic N) is 3. The third-order valence-corrected chi connectivity index (χ3v) is 20.1. The Morgan fingerprint density at radius 2 is 0.924 bits per heavy atom. The minimum absolute atomic E-state index is 0.00725. The molecule has 0 saturated heterocycles. The zero-order valence-corrected chi connectivity index (χ0v) is 49.8. The molecular weight excluding hydrogens is 954 g/mol. The first kappa shape index (κ1) is 51.6. The van der Waals surface area contributed by atoms with Gasteiger partial charge in [-0.2, -0.15) is 0 Å². The van der Waals surface area contributed by atoms with Gasteiger partial charge in [-0.25, -0.2) is 0 Å². The predicted molar refractivity (Wildman–Crippen MR) is 340 cm³/mol. The summed E-state index contributed by atoms with van der Waals surface area (Å²) in [5, 5.41) is 0. The molecule has 3 nitrogen and oxygen atoms in total. The Kier molecular flexibility index (Phi) is 11.5. The summed E-state index contributed by atoms with van der Waals surface area (Å²) < 4.78 is 0. The summed E-state index contributed by atoms with van der Waals surface area (Å²) in [4.78, 5) is 8.26. The van der Waals surface area contributed by atoms with Crippen molar-refractivity contribution in [3.05, 3.63) is 209 Å². The second kappa shape index (κ2) is 17.6. The van der Waals surface area contributed by atoms with Crippen molar-refractivity contribution in [2.24, 2.45) is 0 Å². The molecule has 13 rings (SSSR count). The van der Waals surface area contributed by atoms with Gasteiger partial charge in [-0.05, 0) is 175 Å². The number of para-hydroxylation sites is 1. The zero-order valence-electron chi connectivity index (χ0n) is 49.8. The first-order chi connectivity index (χ1) is 37.4.